The smallest absolute Gasteiger partial charge is 0.239 e. The van der Waals surface area contributed by atoms with Gasteiger partial charge in [-0.1, -0.05) is 47.1 Å². The van der Waals surface area contributed by atoms with Crippen molar-refractivity contribution in [3.63, 3.8) is 0 Å². The minimum Gasteiger partial charge on any atom is -0.497 e. The number of methoxy groups -OCH3 is 1. The zero-order chi connectivity index (χ0) is 17.6. The van der Waals surface area contributed by atoms with Crippen molar-refractivity contribution in [1.82, 2.24) is 5.16 Å². The predicted octanol–water partition coefficient (Wildman–Crippen LogP) is 4.23. The fourth-order valence-electron chi connectivity index (χ4n) is 2.51. The first-order chi connectivity index (χ1) is 12.2. The number of rotatable bonds is 6. The third-order valence-electron chi connectivity index (χ3n) is 3.99. The van der Waals surface area contributed by atoms with Crippen LogP contribution in [0.15, 0.2) is 59.3 Å². The average molecular weight is 336 g/mol. The van der Waals surface area contributed by atoms with Crippen molar-refractivity contribution in [2.24, 2.45) is 0 Å². The maximum absolute atomic E-state index is 12.2. The van der Waals surface area contributed by atoms with E-state index in [0.29, 0.717) is 18.7 Å². The molecule has 0 radical (unpaired) electrons. The normalized spacial score (nSPS) is 10.5. The molecule has 1 heterocycles. The summed E-state index contributed by atoms with van der Waals surface area (Å²) in [5.41, 5.74) is 3.98. The number of hydrogen-bond donors (Lipinski definition) is 1. The summed E-state index contributed by atoms with van der Waals surface area (Å²) < 4.78 is 10.3. The Balaban J connectivity index is 1.61. The lowest BCUT2D eigenvalue weighted by atomic mass is 10.1. The van der Waals surface area contributed by atoms with Gasteiger partial charge in [-0.05, 0) is 36.6 Å². The van der Waals surface area contributed by atoms with Gasteiger partial charge >= 0.3 is 0 Å². The highest BCUT2D eigenvalue weighted by Gasteiger charge is 2.13. The minimum atomic E-state index is -0.110. The molecule has 0 fully saturated rings. The lowest BCUT2D eigenvalue weighted by Gasteiger charge is -2.06. The Morgan fingerprint density at radius 2 is 1.84 bits per heavy atom. The number of carbonyl (C=O) groups excluding carboxylic acids is 1. The molecule has 5 nitrogen and oxygen atoms in total. The van der Waals surface area contributed by atoms with Crippen LogP contribution in [0, 0.1) is 6.92 Å². The molecule has 0 aliphatic rings. The van der Waals surface area contributed by atoms with Gasteiger partial charge in [-0.25, -0.2) is 0 Å². The molecule has 1 N–H and O–H groups in total. The van der Waals surface area contributed by atoms with E-state index in [1.54, 1.807) is 13.3 Å². The van der Waals surface area contributed by atoms with E-state index in [-0.39, 0.29) is 5.91 Å². The third kappa shape index (κ3) is 4.26. The first-order valence-electron chi connectivity index (χ1n) is 8.10. The Hall–Kier alpha value is -3.08. The van der Waals surface area contributed by atoms with E-state index in [4.69, 9.17) is 9.26 Å². The number of carbonyl (C=O) groups is 1. The van der Waals surface area contributed by atoms with Crippen molar-refractivity contribution in [2.75, 3.05) is 12.4 Å². The quantitative estimate of drug-likeness (QED) is 0.731. The van der Waals surface area contributed by atoms with Crippen LogP contribution in [0.1, 0.15) is 17.5 Å². The van der Waals surface area contributed by atoms with Crippen LogP contribution in [0.5, 0.6) is 5.75 Å². The van der Waals surface area contributed by atoms with Crippen molar-refractivity contribution in [1.29, 1.82) is 0 Å². The number of aromatic nitrogens is 1. The molecule has 1 amide bonds. The van der Waals surface area contributed by atoms with Crippen molar-refractivity contribution in [3.05, 3.63) is 65.9 Å². The van der Waals surface area contributed by atoms with Crippen LogP contribution in [0.3, 0.4) is 0 Å². The average Bonchev–Trinajstić information content (AvgIpc) is 3.09. The first kappa shape index (κ1) is 16.8. The van der Waals surface area contributed by atoms with Gasteiger partial charge in [0.2, 0.25) is 11.8 Å². The number of hydrogen-bond acceptors (Lipinski definition) is 4. The topological polar surface area (TPSA) is 64.4 Å². The molecule has 0 spiro atoms. The van der Waals surface area contributed by atoms with Crippen LogP contribution in [0.4, 0.5) is 5.88 Å². The molecule has 3 rings (SSSR count). The number of amides is 1. The Morgan fingerprint density at radius 1 is 1.12 bits per heavy atom. The van der Waals surface area contributed by atoms with Crippen LogP contribution >= 0.6 is 0 Å². The van der Waals surface area contributed by atoms with E-state index in [2.05, 4.69) is 10.5 Å². The highest BCUT2D eigenvalue weighted by atomic mass is 16.5. The van der Waals surface area contributed by atoms with Crippen molar-refractivity contribution in [3.8, 4) is 16.9 Å². The zero-order valence-electron chi connectivity index (χ0n) is 14.3. The number of nitrogens with zero attached hydrogens (tertiary/aromatic N) is 1. The van der Waals surface area contributed by atoms with Crippen LogP contribution in [0.25, 0.3) is 11.1 Å². The van der Waals surface area contributed by atoms with Gasteiger partial charge in [0, 0.05) is 6.42 Å². The van der Waals surface area contributed by atoms with E-state index in [9.17, 15) is 4.79 Å². The second-order valence-corrected chi connectivity index (χ2v) is 5.83. The maximum Gasteiger partial charge on any atom is 0.239 e. The minimum absolute atomic E-state index is 0.110. The molecular weight excluding hydrogens is 316 g/mol. The summed E-state index contributed by atoms with van der Waals surface area (Å²) in [5.74, 6) is 1.07. The van der Waals surface area contributed by atoms with E-state index < -0.39 is 0 Å². The molecule has 128 valence electrons. The first-order valence-corrected chi connectivity index (χ1v) is 8.10. The number of ether oxygens (including phenoxy) is 1. The van der Waals surface area contributed by atoms with Gasteiger partial charge in [-0.2, -0.15) is 0 Å². The lowest BCUT2D eigenvalue weighted by Crippen LogP contribution is -2.12. The van der Waals surface area contributed by atoms with E-state index in [1.807, 2.05) is 55.5 Å². The number of anilines is 1. The van der Waals surface area contributed by atoms with Crippen molar-refractivity contribution >= 4 is 11.8 Å². The Labute approximate surface area is 146 Å². The molecule has 25 heavy (non-hydrogen) atoms. The van der Waals surface area contributed by atoms with Gasteiger partial charge in [0.05, 0.1) is 18.9 Å². The summed E-state index contributed by atoms with van der Waals surface area (Å²) in [4.78, 5) is 12.2. The molecule has 0 saturated heterocycles. The second-order valence-electron chi connectivity index (χ2n) is 5.83. The number of aryl methyl sites for hydroxylation is 2. The molecule has 0 aliphatic carbocycles. The Morgan fingerprint density at radius 3 is 2.52 bits per heavy atom. The van der Waals surface area contributed by atoms with Gasteiger partial charge in [0.15, 0.2) is 0 Å². The summed E-state index contributed by atoms with van der Waals surface area (Å²) in [5, 5.41) is 6.61. The van der Waals surface area contributed by atoms with Crippen LogP contribution in [-0.2, 0) is 11.2 Å². The second kappa shape index (κ2) is 7.66. The SMILES string of the molecule is COc1ccc(CCC(=O)Nc2oncc2-c2ccc(C)cc2)cc1. The Bertz CT molecular complexity index is 836. The monoisotopic (exact) mass is 336 g/mol. The predicted molar refractivity (Wildman–Crippen MR) is 96.6 cm³/mol. The maximum atomic E-state index is 12.2. The molecule has 5 heteroatoms. The van der Waals surface area contributed by atoms with Gasteiger partial charge < -0.3 is 9.26 Å². The highest BCUT2D eigenvalue weighted by molar-refractivity contribution is 5.93. The van der Waals surface area contributed by atoms with E-state index in [0.717, 1.165) is 22.4 Å². The van der Waals surface area contributed by atoms with Crippen molar-refractivity contribution in [2.45, 2.75) is 19.8 Å². The molecule has 2 aromatic carbocycles. The summed E-state index contributed by atoms with van der Waals surface area (Å²) in [6.45, 7) is 2.03. The van der Waals surface area contributed by atoms with Crippen molar-refractivity contribution < 1.29 is 14.1 Å². The fourth-order valence-corrected chi connectivity index (χ4v) is 2.51. The number of nitrogens with one attached hydrogen (secondary N) is 1. The van der Waals surface area contributed by atoms with Gasteiger partial charge in [0.1, 0.15) is 5.75 Å². The standard InChI is InChI=1S/C20H20N2O3/c1-14-3-8-16(9-4-14)18-13-21-25-20(18)22-19(23)12-7-15-5-10-17(24-2)11-6-15/h3-6,8-11,13H,7,12H2,1-2H3,(H,22,23). The molecule has 0 saturated carbocycles. The Kier molecular flexibility index (Phi) is 5.14. The summed E-state index contributed by atoms with van der Waals surface area (Å²) >= 11 is 0. The van der Waals surface area contributed by atoms with E-state index in [1.165, 1.54) is 5.56 Å². The molecule has 3 aromatic rings. The largest absolute Gasteiger partial charge is 0.497 e. The van der Waals surface area contributed by atoms with Gasteiger partial charge in [-0.3, -0.25) is 10.1 Å². The molecule has 0 unspecified atom stereocenters. The molecule has 0 aliphatic heterocycles. The van der Waals surface area contributed by atoms with Crippen LogP contribution in [0.2, 0.25) is 0 Å². The zero-order valence-corrected chi connectivity index (χ0v) is 14.3. The highest BCUT2D eigenvalue weighted by Crippen LogP contribution is 2.28. The van der Waals surface area contributed by atoms with Crippen LogP contribution in [-0.4, -0.2) is 18.2 Å². The molecule has 0 atom stereocenters. The molecule has 0 bridgehead atoms. The lowest BCUT2D eigenvalue weighted by molar-refractivity contribution is -0.116. The van der Waals surface area contributed by atoms with Crippen LogP contribution < -0.4 is 10.1 Å². The van der Waals surface area contributed by atoms with E-state index >= 15 is 0 Å². The summed E-state index contributed by atoms with van der Waals surface area (Å²) in [6, 6.07) is 15.7. The fraction of sp³-hybridized carbons (Fsp3) is 0.200. The molecular formula is C20H20N2O3. The van der Waals surface area contributed by atoms with Gasteiger partial charge in [0.25, 0.3) is 0 Å². The summed E-state index contributed by atoms with van der Waals surface area (Å²) in [6.07, 6.45) is 2.62. The third-order valence-corrected chi connectivity index (χ3v) is 3.99. The number of benzene rings is 2. The summed E-state index contributed by atoms with van der Waals surface area (Å²) in [7, 11) is 1.63. The van der Waals surface area contributed by atoms with Gasteiger partial charge in [-0.15, -0.1) is 0 Å². The molecule has 1 aromatic heterocycles.